The number of benzene rings is 2. The third-order valence-electron chi connectivity index (χ3n) is 2.83. The summed E-state index contributed by atoms with van der Waals surface area (Å²) in [5, 5.41) is 8.66. The van der Waals surface area contributed by atoms with Gasteiger partial charge in [0, 0.05) is 5.69 Å². The van der Waals surface area contributed by atoms with Crippen molar-refractivity contribution in [2.24, 2.45) is 5.16 Å². The molecule has 2 aromatic rings. The first-order chi connectivity index (χ1) is 11.2. The van der Waals surface area contributed by atoms with Gasteiger partial charge in [-0.3, -0.25) is 14.9 Å². The molecule has 0 bridgehead atoms. The summed E-state index contributed by atoms with van der Waals surface area (Å²) in [6, 6.07) is 18.3. The molecule has 0 saturated heterocycles. The van der Waals surface area contributed by atoms with Gasteiger partial charge in [0.25, 0.3) is 0 Å². The van der Waals surface area contributed by atoms with E-state index >= 15 is 0 Å². The van der Waals surface area contributed by atoms with Crippen LogP contribution >= 0.6 is 0 Å². The van der Waals surface area contributed by atoms with Crippen molar-refractivity contribution in [3.05, 3.63) is 66.2 Å². The van der Waals surface area contributed by atoms with Gasteiger partial charge in [-0.25, -0.2) is 4.79 Å². The van der Waals surface area contributed by atoms with E-state index in [9.17, 15) is 9.59 Å². The Bertz CT molecular complexity index is 657. The molecule has 2 rings (SSSR count). The summed E-state index contributed by atoms with van der Waals surface area (Å²) in [6.45, 7) is 0.185. The number of amides is 2. The van der Waals surface area contributed by atoms with Crippen LogP contribution in [0.5, 0.6) is 0 Å². The molecule has 0 atom stereocenters. The number of para-hydroxylation sites is 1. The molecule has 0 aliphatic carbocycles. The second-order valence-corrected chi connectivity index (χ2v) is 4.62. The Morgan fingerprint density at radius 1 is 1.00 bits per heavy atom. The number of nitrogens with zero attached hydrogens (tertiary/aromatic N) is 1. The van der Waals surface area contributed by atoms with Crippen molar-refractivity contribution in [2.75, 3.05) is 11.9 Å². The summed E-state index contributed by atoms with van der Waals surface area (Å²) in [5.41, 5.74) is 1.55. The van der Waals surface area contributed by atoms with Gasteiger partial charge >= 0.3 is 6.09 Å². The number of carbonyl (C=O) groups is 2. The van der Waals surface area contributed by atoms with Crippen LogP contribution in [0.1, 0.15) is 5.56 Å². The molecule has 23 heavy (non-hydrogen) atoms. The number of nitrogens with one attached hydrogen (secondary N) is 2. The van der Waals surface area contributed by atoms with Crippen molar-refractivity contribution >= 4 is 23.9 Å². The van der Waals surface area contributed by atoms with Gasteiger partial charge in [-0.05, 0) is 17.7 Å². The highest BCUT2D eigenvalue weighted by Crippen LogP contribution is 2.05. The van der Waals surface area contributed by atoms with Crippen LogP contribution in [0.15, 0.2) is 65.8 Å². The highest BCUT2D eigenvalue weighted by Gasteiger charge is 2.02. The van der Waals surface area contributed by atoms with E-state index in [2.05, 4.69) is 20.6 Å². The molecule has 0 saturated carbocycles. The Labute approximate surface area is 134 Å². The minimum Gasteiger partial charge on any atom is -0.351 e. The van der Waals surface area contributed by atoms with E-state index in [1.807, 2.05) is 36.4 Å². The summed E-state index contributed by atoms with van der Waals surface area (Å²) in [7, 11) is 0. The Morgan fingerprint density at radius 2 is 1.65 bits per heavy atom. The van der Waals surface area contributed by atoms with E-state index in [0.717, 1.165) is 5.56 Å². The van der Waals surface area contributed by atoms with Crippen molar-refractivity contribution in [3.63, 3.8) is 0 Å². The molecule has 0 radical (unpaired) electrons. The first-order valence-electron chi connectivity index (χ1n) is 7.09. The van der Waals surface area contributed by atoms with Gasteiger partial charge in [-0.1, -0.05) is 53.7 Å². The molecule has 2 amide bonds. The predicted octanol–water partition coefficient (Wildman–Crippen LogP) is 2.58. The fraction of sp³-hybridized carbons (Fsp3) is 0.118. The van der Waals surface area contributed by atoms with E-state index in [4.69, 9.17) is 0 Å². The molecule has 2 aromatic carbocycles. The summed E-state index contributed by atoms with van der Waals surface area (Å²) >= 11 is 0. The zero-order chi connectivity index (χ0) is 16.3. The third-order valence-corrected chi connectivity index (χ3v) is 2.83. The lowest BCUT2D eigenvalue weighted by molar-refractivity contribution is -0.120. The number of oxime groups is 1. The molecule has 0 unspecified atom stereocenters. The lowest BCUT2D eigenvalue weighted by Crippen LogP contribution is -2.26. The van der Waals surface area contributed by atoms with Crippen LogP contribution in [0.2, 0.25) is 0 Å². The van der Waals surface area contributed by atoms with Crippen molar-refractivity contribution in [2.45, 2.75) is 6.42 Å². The Hall–Kier alpha value is -3.15. The van der Waals surface area contributed by atoms with Gasteiger partial charge in [0.15, 0.2) is 0 Å². The van der Waals surface area contributed by atoms with Gasteiger partial charge in [0.05, 0.1) is 19.2 Å². The van der Waals surface area contributed by atoms with Crippen molar-refractivity contribution < 1.29 is 14.4 Å². The minimum atomic E-state index is -0.692. The molecule has 6 heteroatoms. The molecule has 118 valence electrons. The normalized spacial score (nSPS) is 10.3. The van der Waals surface area contributed by atoms with Gasteiger partial charge in [-0.15, -0.1) is 0 Å². The number of carbonyl (C=O) groups excluding carboxylic acids is 2. The molecular weight excluding hydrogens is 294 g/mol. The average molecular weight is 311 g/mol. The summed E-state index contributed by atoms with van der Waals surface area (Å²) in [5.74, 6) is -0.128. The molecule has 2 N–H and O–H groups in total. The minimum absolute atomic E-state index is 0.128. The van der Waals surface area contributed by atoms with Crippen LogP contribution < -0.4 is 10.6 Å². The molecule has 0 aromatic heterocycles. The Balaban J connectivity index is 1.63. The zero-order valence-electron chi connectivity index (χ0n) is 12.4. The lowest BCUT2D eigenvalue weighted by Gasteiger charge is -2.02. The monoisotopic (exact) mass is 311 g/mol. The van der Waals surface area contributed by atoms with Crippen LogP contribution in [0.25, 0.3) is 0 Å². The van der Waals surface area contributed by atoms with Crippen LogP contribution in [0.3, 0.4) is 0 Å². The topological polar surface area (TPSA) is 79.8 Å². The number of anilines is 1. The average Bonchev–Trinajstić information content (AvgIpc) is 2.56. The highest BCUT2D eigenvalue weighted by molar-refractivity contribution is 5.85. The fourth-order valence-electron chi connectivity index (χ4n) is 1.79. The van der Waals surface area contributed by atoms with Gasteiger partial charge in [0.1, 0.15) is 0 Å². The van der Waals surface area contributed by atoms with Crippen molar-refractivity contribution in [1.82, 2.24) is 5.32 Å². The molecule has 0 spiro atoms. The second kappa shape index (κ2) is 8.99. The van der Waals surface area contributed by atoms with Gasteiger partial charge < -0.3 is 5.32 Å². The third kappa shape index (κ3) is 6.43. The first kappa shape index (κ1) is 16.2. The van der Waals surface area contributed by atoms with E-state index in [1.54, 1.807) is 24.3 Å². The fourth-order valence-corrected chi connectivity index (χ4v) is 1.79. The summed E-state index contributed by atoms with van der Waals surface area (Å²) in [6.07, 6.45) is 0.917. The predicted molar refractivity (Wildman–Crippen MR) is 88.2 cm³/mol. The maximum absolute atomic E-state index is 11.7. The van der Waals surface area contributed by atoms with Crippen molar-refractivity contribution in [1.29, 1.82) is 0 Å². The number of hydrogen-bond acceptors (Lipinski definition) is 4. The largest absolute Gasteiger partial charge is 0.437 e. The van der Waals surface area contributed by atoms with Gasteiger partial charge in [0.2, 0.25) is 5.91 Å². The molecule has 0 heterocycles. The molecule has 0 fully saturated rings. The first-order valence-corrected chi connectivity index (χ1v) is 7.09. The van der Waals surface area contributed by atoms with Crippen LogP contribution in [-0.2, 0) is 16.1 Å². The standard InChI is InChI=1S/C17H17N3O3/c21-16(13-14-7-3-1-4-8-14)18-11-12-19-23-17(22)20-15-9-5-2-6-10-15/h1-10,12H,11,13H2,(H,18,21)(H,20,22). The van der Waals surface area contributed by atoms with Gasteiger partial charge in [-0.2, -0.15) is 0 Å². The molecule has 0 aliphatic heterocycles. The maximum Gasteiger partial charge on any atom is 0.437 e. The molecule has 0 aliphatic rings. The lowest BCUT2D eigenvalue weighted by atomic mass is 10.1. The van der Waals surface area contributed by atoms with E-state index < -0.39 is 6.09 Å². The van der Waals surface area contributed by atoms with Crippen LogP contribution in [0, 0.1) is 0 Å². The SMILES string of the molecule is O=C(Cc1ccccc1)NCC=NOC(=O)Nc1ccccc1. The quantitative estimate of drug-likeness (QED) is 0.489. The summed E-state index contributed by atoms with van der Waals surface area (Å²) < 4.78 is 0. The van der Waals surface area contributed by atoms with E-state index in [0.29, 0.717) is 12.1 Å². The van der Waals surface area contributed by atoms with E-state index in [-0.39, 0.29) is 12.5 Å². The van der Waals surface area contributed by atoms with E-state index in [1.165, 1.54) is 6.21 Å². The number of rotatable bonds is 6. The Morgan fingerprint density at radius 3 is 2.35 bits per heavy atom. The zero-order valence-corrected chi connectivity index (χ0v) is 12.4. The smallest absolute Gasteiger partial charge is 0.351 e. The molecular formula is C17H17N3O3. The Kier molecular flexibility index (Phi) is 6.34. The summed E-state index contributed by atoms with van der Waals surface area (Å²) in [4.78, 5) is 27.7. The number of hydrogen-bond donors (Lipinski definition) is 2. The van der Waals surface area contributed by atoms with Crippen molar-refractivity contribution in [3.8, 4) is 0 Å². The second-order valence-electron chi connectivity index (χ2n) is 4.62. The molecule has 6 nitrogen and oxygen atoms in total. The van der Waals surface area contributed by atoms with Crippen LogP contribution in [0.4, 0.5) is 10.5 Å². The van der Waals surface area contributed by atoms with Crippen LogP contribution in [-0.4, -0.2) is 24.8 Å². The maximum atomic E-state index is 11.7. The highest BCUT2D eigenvalue weighted by atomic mass is 16.7.